The van der Waals surface area contributed by atoms with Crippen LogP contribution in [0.5, 0.6) is 11.5 Å². The zero-order chi connectivity index (χ0) is 27.5. The lowest BCUT2D eigenvalue weighted by Crippen LogP contribution is -2.33. The van der Waals surface area contributed by atoms with Crippen molar-refractivity contribution in [2.45, 2.75) is 12.5 Å². The van der Waals surface area contributed by atoms with Gasteiger partial charge in [0.25, 0.3) is 0 Å². The van der Waals surface area contributed by atoms with Crippen LogP contribution in [0.2, 0.25) is 0 Å². The molecule has 0 saturated carbocycles. The molecule has 2 N–H and O–H groups in total. The van der Waals surface area contributed by atoms with Gasteiger partial charge in [0, 0.05) is 29.8 Å². The smallest absolute Gasteiger partial charge is 0.328 e. The minimum atomic E-state index is -0.684. The first kappa shape index (κ1) is 27.3. The van der Waals surface area contributed by atoms with Crippen molar-refractivity contribution in [3.63, 3.8) is 0 Å². The molecule has 0 spiro atoms. The predicted octanol–water partition coefficient (Wildman–Crippen LogP) is 5.61. The van der Waals surface area contributed by atoms with Crippen LogP contribution in [-0.2, 0) is 16.0 Å². The molecule has 4 aromatic carbocycles. The van der Waals surface area contributed by atoms with E-state index in [1.165, 1.54) is 7.11 Å². The largest absolute Gasteiger partial charge is 0.495 e. The van der Waals surface area contributed by atoms with E-state index in [-0.39, 0.29) is 5.78 Å². The number of anilines is 2. The molecular formula is C32H32N2O5. The van der Waals surface area contributed by atoms with Crippen molar-refractivity contribution in [1.82, 2.24) is 0 Å². The number of methoxy groups -OCH3 is 2. The number of benzene rings is 4. The van der Waals surface area contributed by atoms with Crippen LogP contribution in [0, 0.1) is 0 Å². The van der Waals surface area contributed by atoms with Crippen LogP contribution < -0.4 is 20.1 Å². The zero-order valence-corrected chi connectivity index (χ0v) is 22.1. The van der Waals surface area contributed by atoms with Gasteiger partial charge in [-0.3, -0.25) is 4.79 Å². The molecule has 0 amide bonds. The number of rotatable bonds is 13. The Morgan fingerprint density at radius 1 is 0.769 bits per heavy atom. The summed E-state index contributed by atoms with van der Waals surface area (Å²) in [7, 11) is 3.00. The number of carbonyl (C=O) groups is 2. The van der Waals surface area contributed by atoms with E-state index in [4.69, 9.17) is 14.2 Å². The van der Waals surface area contributed by atoms with Gasteiger partial charge in [0.15, 0.2) is 5.78 Å². The van der Waals surface area contributed by atoms with E-state index < -0.39 is 12.0 Å². The second-order valence-electron chi connectivity index (χ2n) is 8.78. The van der Waals surface area contributed by atoms with E-state index in [0.29, 0.717) is 36.4 Å². The lowest BCUT2D eigenvalue weighted by atomic mass is 10.00. The van der Waals surface area contributed by atoms with E-state index in [9.17, 15) is 9.59 Å². The number of carbonyl (C=O) groups excluding carboxylic acids is 2. The molecular weight excluding hydrogens is 492 g/mol. The van der Waals surface area contributed by atoms with Crippen LogP contribution in [0.25, 0.3) is 0 Å². The summed E-state index contributed by atoms with van der Waals surface area (Å²) >= 11 is 0. The third-order valence-corrected chi connectivity index (χ3v) is 6.18. The number of ketones is 1. The molecule has 4 rings (SSSR count). The van der Waals surface area contributed by atoms with Crippen molar-refractivity contribution >= 4 is 23.1 Å². The van der Waals surface area contributed by atoms with E-state index in [2.05, 4.69) is 10.6 Å². The maximum Gasteiger partial charge on any atom is 0.328 e. The van der Waals surface area contributed by atoms with E-state index >= 15 is 0 Å². The highest BCUT2D eigenvalue weighted by atomic mass is 16.5. The summed E-state index contributed by atoms with van der Waals surface area (Å²) in [6.07, 6.45) is 0.371. The SMILES string of the molecule is COC(=O)C(Cc1ccc(OCCNc2ccccc2OC)cc1)Nc1ccccc1C(=O)c1ccccc1. The number of nitrogens with one attached hydrogen (secondary N) is 2. The fourth-order valence-corrected chi connectivity index (χ4v) is 4.18. The molecule has 1 atom stereocenters. The molecule has 0 aliphatic heterocycles. The molecule has 0 heterocycles. The quantitative estimate of drug-likeness (QED) is 0.134. The minimum Gasteiger partial charge on any atom is -0.495 e. The first-order chi connectivity index (χ1) is 19.1. The third-order valence-electron chi connectivity index (χ3n) is 6.18. The second-order valence-corrected chi connectivity index (χ2v) is 8.78. The van der Waals surface area contributed by atoms with Gasteiger partial charge >= 0.3 is 5.97 Å². The number of esters is 1. The highest BCUT2D eigenvalue weighted by Gasteiger charge is 2.22. The van der Waals surface area contributed by atoms with Crippen molar-refractivity contribution in [3.8, 4) is 11.5 Å². The first-order valence-electron chi connectivity index (χ1n) is 12.7. The molecule has 0 fully saturated rings. The van der Waals surface area contributed by atoms with Crippen molar-refractivity contribution in [1.29, 1.82) is 0 Å². The zero-order valence-electron chi connectivity index (χ0n) is 22.1. The summed E-state index contributed by atoms with van der Waals surface area (Å²) in [5, 5.41) is 6.54. The Morgan fingerprint density at radius 2 is 1.44 bits per heavy atom. The first-order valence-corrected chi connectivity index (χ1v) is 12.7. The van der Waals surface area contributed by atoms with Gasteiger partial charge in [0.2, 0.25) is 0 Å². The average Bonchev–Trinajstić information content (AvgIpc) is 3.00. The van der Waals surface area contributed by atoms with Crippen LogP contribution in [0.3, 0.4) is 0 Å². The molecule has 7 nitrogen and oxygen atoms in total. The lowest BCUT2D eigenvalue weighted by molar-refractivity contribution is -0.141. The topological polar surface area (TPSA) is 85.9 Å². The Hall–Kier alpha value is -4.78. The summed E-state index contributed by atoms with van der Waals surface area (Å²) in [5.74, 6) is 0.966. The molecule has 0 saturated heterocycles. The van der Waals surface area contributed by atoms with Crippen molar-refractivity contribution < 1.29 is 23.8 Å². The Kier molecular flexibility index (Phi) is 9.56. The molecule has 1 unspecified atom stereocenters. The molecule has 0 aliphatic rings. The van der Waals surface area contributed by atoms with Crippen LogP contribution in [0.4, 0.5) is 11.4 Å². The monoisotopic (exact) mass is 524 g/mol. The second kappa shape index (κ2) is 13.7. The number of hydrogen-bond acceptors (Lipinski definition) is 7. The highest BCUT2D eigenvalue weighted by molar-refractivity contribution is 6.12. The lowest BCUT2D eigenvalue weighted by Gasteiger charge is -2.20. The normalized spacial score (nSPS) is 11.2. The van der Waals surface area contributed by atoms with Gasteiger partial charge < -0.3 is 24.8 Å². The fraction of sp³-hybridized carbons (Fsp3) is 0.188. The summed E-state index contributed by atoms with van der Waals surface area (Å²) in [5.41, 5.74) is 3.47. The summed E-state index contributed by atoms with van der Waals surface area (Å²) < 4.78 is 16.3. The maximum atomic E-state index is 13.1. The summed E-state index contributed by atoms with van der Waals surface area (Å²) in [4.78, 5) is 25.8. The van der Waals surface area contributed by atoms with Gasteiger partial charge in [-0.25, -0.2) is 4.79 Å². The van der Waals surface area contributed by atoms with Gasteiger partial charge in [0.05, 0.1) is 19.9 Å². The fourth-order valence-electron chi connectivity index (χ4n) is 4.18. The molecule has 39 heavy (non-hydrogen) atoms. The molecule has 0 aromatic heterocycles. The molecule has 7 heteroatoms. The van der Waals surface area contributed by atoms with Crippen LogP contribution >= 0.6 is 0 Å². The van der Waals surface area contributed by atoms with E-state index in [1.54, 1.807) is 37.4 Å². The van der Waals surface area contributed by atoms with Gasteiger partial charge in [-0.1, -0.05) is 66.7 Å². The Morgan fingerprint density at radius 3 is 2.15 bits per heavy atom. The third kappa shape index (κ3) is 7.38. The number of ether oxygens (including phenoxy) is 3. The standard InChI is InChI=1S/C32H32N2O5/c1-37-30-15-9-8-14-28(30)33-20-21-39-25-18-16-23(17-19-25)22-29(32(36)38-2)34-27-13-7-6-12-26(27)31(35)24-10-4-3-5-11-24/h3-19,29,33-34H,20-22H2,1-2H3. The van der Waals surface area contributed by atoms with E-state index in [0.717, 1.165) is 22.7 Å². The molecule has 0 radical (unpaired) electrons. The van der Waals surface area contributed by atoms with Gasteiger partial charge in [-0.05, 0) is 42.0 Å². The van der Waals surface area contributed by atoms with Gasteiger partial charge in [-0.2, -0.15) is 0 Å². The van der Waals surface area contributed by atoms with Crippen molar-refractivity contribution in [2.75, 3.05) is 38.0 Å². The Labute approximate surface area is 228 Å². The average molecular weight is 525 g/mol. The molecule has 4 aromatic rings. The Balaban J connectivity index is 1.38. The maximum absolute atomic E-state index is 13.1. The van der Waals surface area contributed by atoms with Crippen LogP contribution in [0.15, 0.2) is 103 Å². The van der Waals surface area contributed by atoms with Crippen LogP contribution in [-0.4, -0.2) is 45.2 Å². The van der Waals surface area contributed by atoms with Crippen molar-refractivity contribution in [3.05, 3.63) is 120 Å². The summed E-state index contributed by atoms with van der Waals surface area (Å²) in [6, 6.07) is 30.9. The Bertz CT molecular complexity index is 1370. The highest BCUT2D eigenvalue weighted by Crippen LogP contribution is 2.24. The molecule has 0 bridgehead atoms. The van der Waals surface area contributed by atoms with E-state index in [1.807, 2.05) is 72.8 Å². The van der Waals surface area contributed by atoms with Crippen molar-refractivity contribution in [2.24, 2.45) is 0 Å². The minimum absolute atomic E-state index is 0.121. The number of para-hydroxylation sites is 3. The van der Waals surface area contributed by atoms with Crippen LogP contribution in [0.1, 0.15) is 21.5 Å². The summed E-state index contributed by atoms with van der Waals surface area (Å²) in [6.45, 7) is 1.08. The van der Waals surface area contributed by atoms with Gasteiger partial charge in [0.1, 0.15) is 24.1 Å². The molecule has 200 valence electrons. The molecule has 0 aliphatic carbocycles. The predicted molar refractivity (Wildman–Crippen MR) is 153 cm³/mol. The van der Waals surface area contributed by atoms with Gasteiger partial charge in [-0.15, -0.1) is 0 Å². The number of hydrogen-bond donors (Lipinski definition) is 2.